The maximum atomic E-state index is 5.55. The molecular weight excluding hydrogens is 306 g/mol. The molecule has 1 aliphatic heterocycles. The molecule has 1 N–H and O–H groups in total. The number of anilines is 1. The first kappa shape index (κ1) is 16.0. The summed E-state index contributed by atoms with van der Waals surface area (Å²) in [6, 6.07) is 10.6. The van der Waals surface area contributed by atoms with Crippen molar-refractivity contribution in [3.8, 4) is 0 Å². The molecule has 122 valence electrons. The Morgan fingerprint density at radius 1 is 1.17 bits per heavy atom. The molecule has 0 radical (unpaired) electrons. The minimum Gasteiger partial charge on any atom is -0.346 e. The minimum absolute atomic E-state index is 0.792. The lowest BCUT2D eigenvalue weighted by molar-refractivity contribution is 0.177. The van der Waals surface area contributed by atoms with Crippen molar-refractivity contribution in [3.63, 3.8) is 0 Å². The Labute approximate surface area is 142 Å². The zero-order chi connectivity index (χ0) is 16.2. The number of hydrogen-bond acceptors (Lipinski definition) is 3. The Kier molecular flexibility index (Phi) is 4.93. The predicted molar refractivity (Wildman–Crippen MR) is 97.5 cm³/mol. The Hall–Kier alpha value is -1.92. The maximum absolute atomic E-state index is 5.55. The summed E-state index contributed by atoms with van der Waals surface area (Å²) in [5, 5.41) is 8.35. The van der Waals surface area contributed by atoms with Crippen molar-refractivity contribution in [1.29, 1.82) is 0 Å². The lowest BCUT2D eigenvalue weighted by Gasteiger charge is -2.36. The second-order valence-electron chi connectivity index (χ2n) is 5.95. The first-order valence-corrected chi connectivity index (χ1v) is 8.35. The molecule has 2 heterocycles. The molecule has 0 bridgehead atoms. The highest BCUT2D eigenvalue weighted by atomic mass is 32.1. The fourth-order valence-electron chi connectivity index (χ4n) is 2.77. The molecule has 0 spiro atoms. The van der Waals surface area contributed by atoms with Crippen LogP contribution in [0.4, 0.5) is 5.69 Å². The molecule has 1 fully saturated rings. The van der Waals surface area contributed by atoms with Crippen LogP contribution in [0.1, 0.15) is 11.3 Å². The molecular formula is C17H23N5S. The Morgan fingerprint density at radius 2 is 1.87 bits per heavy atom. The van der Waals surface area contributed by atoms with E-state index in [1.54, 1.807) is 0 Å². The first-order valence-electron chi connectivity index (χ1n) is 7.94. The molecule has 0 aliphatic carbocycles. The minimum atomic E-state index is 0.792. The third kappa shape index (κ3) is 3.89. The lowest BCUT2D eigenvalue weighted by atomic mass is 10.2. The summed E-state index contributed by atoms with van der Waals surface area (Å²) in [5.74, 6) is 0. The smallest absolute Gasteiger partial charge is 0.173 e. The van der Waals surface area contributed by atoms with Gasteiger partial charge in [-0.15, -0.1) is 0 Å². The average Bonchev–Trinajstić information content (AvgIpc) is 2.88. The van der Waals surface area contributed by atoms with Gasteiger partial charge in [-0.1, -0.05) is 30.3 Å². The number of piperazine rings is 1. The van der Waals surface area contributed by atoms with Crippen LogP contribution < -0.4 is 5.32 Å². The highest BCUT2D eigenvalue weighted by Crippen LogP contribution is 2.14. The van der Waals surface area contributed by atoms with Gasteiger partial charge in [0, 0.05) is 39.8 Å². The molecule has 5 nitrogen and oxygen atoms in total. The van der Waals surface area contributed by atoms with Gasteiger partial charge >= 0.3 is 0 Å². The van der Waals surface area contributed by atoms with Gasteiger partial charge in [-0.25, -0.2) is 0 Å². The van der Waals surface area contributed by atoms with Gasteiger partial charge in [-0.05, 0) is 24.7 Å². The molecule has 0 atom stereocenters. The second kappa shape index (κ2) is 7.10. The van der Waals surface area contributed by atoms with Crippen molar-refractivity contribution in [1.82, 2.24) is 19.6 Å². The van der Waals surface area contributed by atoms with Gasteiger partial charge in [0.1, 0.15) is 0 Å². The average molecular weight is 329 g/mol. The zero-order valence-corrected chi connectivity index (χ0v) is 14.5. The molecule has 2 aromatic rings. The summed E-state index contributed by atoms with van der Waals surface area (Å²) < 4.78 is 1.85. The Bertz CT molecular complexity index is 659. The summed E-state index contributed by atoms with van der Waals surface area (Å²) in [6.07, 6.45) is 1.83. The monoisotopic (exact) mass is 329 g/mol. The van der Waals surface area contributed by atoms with Crippen molar-refractivity contribution in [2.24, 2.45) is 7.05 Å². The summed E-state index contributed by atoms with van der Waals surface area (Å²) in [4.78, 5) is 4.72. The van der Waals surface area contributed by atoms with Crippen LogP contribution in [-0.2, 0) is 13.6 Å². The van der Waals surface area contributed by atoms with Crippen LogP contribution in [0.15, 0.2) is 36.5 Å². The zero-order valence-electron chi connectivity index (χ0n) is 13.7. The van der Waals surface area contributed by atoms with Crippen LogP contribution in [0, 0.1) is 6.92 Å². The highest BCUT2D eigenvalue weighted by molar-refractivity contribution is 7.80. The Morgan fingerprint density at radius 3 is 2.48 bits per heavy atom. The van der Waals surface area contributed by atoms with Crippen molar-refractivity contribution >= 4 is 23.0 Å². The maximum Gasteiger partial charge on any atom is 0.173 e. The number of nitrogens with one attached hydrogen (secondary N) is 1. The van der Waals surface area contributed by atoms with E-state index in [2.05, 4.69) is 50.5 Å². The normalized spacial score (nSPS) is 15.7. The van der Waals surface area contributed by atoms with Gasteiger partial charge in [0.25, 0.3) is 0 Å². The molecule has 0 saturated carbocycles. The van der Waals surface area contributed by atoms with E-state index in [1.807, 2.05) is 24.9 Å². The van der Waals surface area contributed by atoms with Gasteiger partial charge in [-0.2, -0.15) is 5.10 Å². The number of thiocarbonyl (C=S) groups is 1. The number of rotatable bonds is 3. The number of aryl methyl sites for hydroxylation is 1. The van der Waals surface area contributed by atoms with Crippen LogP contribution in [0.25, 0.3) is 0 Å². The molecule has 0 unspecified atom stereocenters. The van der Waals surface area contributed by atoms with E-state index in [9.17, 15) is 0 Å². The number of hydrogen-bond donors (Lipinski definition) is 1. The first-order chi connectivity index (χ1) is 11.1. The van der Waals surface area contributed by atoms with Crippen molar-refractivity contribution in [3.05, 3.63) is 47.8 Å². The number of benzene rings is 1. The van der Waals surface area contributed by atoms with Crippen LogP contribution in [-0.4, -0.2) is 50.9 Å². The van der Waals surface area contributed by atoms with E-state index >= 15 is 0 Å². The van der Waals surface area contributed by atoms with E-state index in [0.717, 1.165) is 49.2 Å². The van der Waals surface area contributed by atoms with E-state index in [-0.39, 0.29) is 0 Å². The van der Waals surface area contributed by atoms with Crippen LogP contribution in [0.5, 0.6) is 0 Å². The molecule has 1 aliphatic rings. The van der Waals surface area contributed by atoms with Crippen LogP contribution in [0.2, 0.25) is 0 Å². The summed E-state index contributed by atoms with van der Waals surface area (Å²) >= 11 is 5.55. The molecule has 1 saturated heterocycles. The van der Waals surface area contributed by atoms with Crippen LogP contribution >= 0.6 is 12.2 Å². The largest absolute Gasteiger partial charge is 0.346 e. The van der Waals surface area contributed by atoms with Crippen LogP contribution in [0.3, 0.4) is 0 Å². The standard InChI is InChI=1S/C17H23N5S/c1-14-16(12-18-20(14)2)19-17(23)22-10-8-21(9-11-22)13-15-6-4-3-5-7-15/h3-7,12H,8-11,13H2,1-2H3,(H,19,23). The van der Waals surface area contributed by atoms with E-state index in [4.69, 9.17) is 12.2 Å². The molecule has 23 heavy (non-hydrogen) atoms. The second-order valence-corrected chi connectivity index (χ2v) is 6.33. The topological polar surface area (TPSA) is 36.3 Å². The van der Waals surface area contributed by atoms with Gasteiger partial charge in [0.2, 0.25) is 0 Å². The van der Waals surface area contributed by atoms with E-state index in [1.165, 1.54) is 5.56 Å². The summed E-state index contributed by atoms with van der Waals surface area (Å²) in [7, 11) is 1.94. The third-order valence-electron chi connectivity index (χ3n) is 4.39. The van der Waals surface area contributed by atoms with Crippen molar-refractivity contribution in [2.75, 3.05) is 31.5 Å². The fourth-order valence-corrected chi connectivity index (χ4v) is 3.06. The fraction of sp³-hybridized carbons (Fsp3) is 0.412. The number of nitrogens with zero attached hydrogens (tertiary/aromatic N) is 4. The molecule has 3 rings (SSSR count). The molecule has 1 aromatic heterocycles. The van der Waals surface area contributed by atoms with Gasteiger partial charge in [0.15, 0.2) is 5.11 Å². The molecule has 1 aromatic carbocycles. The third-order valence-corrected chi connectivity index (χ3v) is 4.75. The SMILES string of the molecule is Cc1c(NC(=S)N2CCN(Cc3ccccc3)CC2)cnn1C. The van der Waals surface area contributed by atoms with E-state index in [0.29, 0.717) is 0 Å². The molecule has 6 heteroatoms. The van der Waals surface area contributed by atoms with Gasteiger partial charge < -0.3 is 10.2 Å². The Balaban J connectivity index is 1.50. The lowest BCUT2D eigenvalue weighted by Crippen LogP contribution is -2.49. The summed E-state index contributed by atoms with van der Waals surface area (Å²) in [6.45, 7) is 7.02. The van der Waals surface area contributed by atoms with Gasteiger partial charge in [0.05, 0.1) is 17.6 Å². The molecule has 0 amide bonds. The number of aromatic nitrogens is 2. The quantitative estimate of drug-likeness (QED) is 0.874. The highest BCUT2D eigenvalue weighted by Gasteiger charge is 2.19. The van der Waals surface area contributed by atoms with Crippen molar-refractivity contribution < 1.29 is 0 Å². The van der Waals surface area contributed by atoms with Gasteiger partial charge in [-0.3, -0.25) is 9.58 Å². The predicted octanol–water partition coefficient (Wildman–Crippen LogP) is 2.24. The van der Waals surface area contributed by atoms with E-state index < -0.39 is 0 Å². The van der Waals surface area contributed by atoms with Crippen molar-refractivity contribution in [2.45, 2.75) is 13.5 Å². The summed E-state index contributed by atoms with van der Waals surface area (Å²) in [5.41, 5.74) is 3.45.